The van der Waals surface area contributed by atoms with Crippen molar-refractivity contribution in [1.82, 2.24) is 9.88 Å². The van der Waals surface area contributed by atoms with Crippen molar-refractivity contribution in [2.45, 2.75) is 13.0 Å². The number of nitrogens with zero attached hydrogens (tertiary/aromatic N) is 3. The first-order chi connectivity index (χ1) is 7.08. The van der Waals surface area contributed by atoms with E-state index in [2.05, 4.69) is 34.9 Å². The van der Waals surface area contributed by atoms with E-state index >= 15 is 0 Å². The van der Waals surface area contributed by atoms with Gasteiger partial charge in [-0.3, -0.25) is 0 Å². The van der Waals surface area contributed by atoms with Crippen molar-refractivity contribution in [2.24, 2.45) is 0 Å². The van der Waals surface area contributed by atoms with Crippen molar-refractivity contribution >= 4 is 11.5 Å². The lowest BCUT2D eigenvalue weighted by molar-refractivity contribution is 0.246. The molecule has 4 heteroatoms. The largest absolute Gasteiger partial charge is 0.397 e. The van der Waals surface area contributed by atoms with Gasteiger partial charge in [0, 0.05) is 19.1 Å². The molecule has 0 spiro atoms. The van der Waals surface area contributed by atoms with E-state index in [-0.39, 0.29) is 0 Å². The summed E-state index contributed by atoms with van der Waals surface area (Å²) < 4.78 is 0. The summed E-state index contributed by atoms with van der Waals surface area (Å²) in [4.78, 5) is 8.86. The van der Waals surface area contributed by atoms with E-state index in [1.807, 2.05) is 6.92 Å². The number of pyridine rings is 1. The molecule has 0 unspecified atom stereocenters. The molecule has 1 aromatic heterocycles. The minimum Gasteiger partial charge on any atom is -0.397 e. The summed E-state index contributed by atoms with van der Waals surface area (Å²) in [5.41, 5.74) is 7.61. The predicted octanol–water partition coefficient (Wildman–Crippen LogP) is 0.722. The van der Waals surface area contributed by atoms with E-state index in [9.17, 15) is 0 Å². The quantitative estimate of drug-likeness (QED) is 0.774. The first kappa shape index (κ1) is 10.2. The fraction of sp³-hybridized carbons (Fsp3) is 0.545. The van der Waals surface area contributed by atoms with Gasteiger partial charge in [-0.05, 0) is 32.6 Å². The van der Waals surface area contributed by atoms with Gasteiger partial charge in [0.2, 0.25) is 0 Å². The standard InChI is InChI=1S/C11H18N4/c1-8-4-11(13-5-10(8)12)15-6-9(7-15)14(2)3/h4-5,9H,6-7,12H2,1-3H3. The van der Waals surface area contributed by atoms with Crippen molar-refractivity contribution in [3.05, 3.63) is 17.8 Å². The topological polar surface area (TPSA) is 45.4 Å². The second kappa shape index (κ2) is 3.70. The van der Waals surface area contributed by atoms with Crippen LogP contribution in [0.15, 0.2) is 12.3 Å². The Morgan fingerprint density at radius 3 is 2.67 bits per heavy atom. The van der Waals surface area contributed by atoms with E-state index in [4.69, 9.17) is 5.73 Å². The molecule has 0 saturated carbocycles. The fourth-order valence-electron chi connectivity index (χ4n) is 1.69. The van der Waals surface area contributed by atoms with Gasteiger partial charge in [0.25, 0.3) is 0 Å². The van der Waals surface area contributed by atoms with Gasteiger partial charge in [-0.15, -0.1) is 0 Å². The summed E-state index contributed by atoms with van der Waals surface area (Å²) in [6.07, 6.45) is 1.74. The maximum Gasteiger partial charge on any atom is 0.129 e. The van der Waals surface area contributed by atoms with Crippen LogP contribution in [0.3, 0.4) is 0 Å². The molecule has 82 valence electrons. The van der Waals surface area contributed by atoms with E-state index in [1.165, 1.54) is 0 Å². The number of aromatic nitrogens is 1. The SMILES string of the molecule is Cc1cc(N2CC(N(C)C)C2)ncc1N. The zero-order valence-corrected chi connectivity index (χ0v) is 9.57. The number of nitrogens with two attached hydrogens (primary N) is 1. The molecule has 15 heavy (non-hydrogen) atoms. The first-order valence-electron chi connectivity index (χ1n) is 5.21. The summed E-state index contributed by atoms with van der Waals surface area (Å²) >= 11 is 0. The van der Waals surface area contributed by atoms with Gasteiger partial charge in [-0.2, -0.15) is 0 Å². The Labute approximate surface area is 90.7 Å². The number of rotatable bonds is 2. The summed E-state index contributed by atoms with van der Waals surface area (Å²) in [5.74, 6) is 1.04. The smallest absolute Gasteiger partial charge is 0.129 e. The molecule has 4 nitrogen and oxygen atoms in total. The van der Waals surface area contributed by atoms with Crippen LogP contribution in [0.5, 0.6) is 0 Å². The van der Waals surface area contributed by atoms with Crippen LogP contribution in [0.4, 0.5) is 11.5 Å². The Kier molecular flexibility index (Phi) is 2.52. The molecule has 0 aromatic carbocycles. The number of hydrogen-bond acceptors (Lipinski definition) is 4. The molecular formula is C11H18N4. The van der Waals surface area contributed by atoms with Gasteiger partial charge in [-0.25, -0.2) is 4.98 Å². The van der Waals surface area contributed by atoms with Crippen molar-refractivity contribution in [2.75, 3.05) is 37.8 Å². The monoisotopic (exact) mass is 206 g/mol. The fourth-order valence-corrected chi connectivity index (χ4v) is 1.69. The average Bonchev–Trinajstić information content (AvgIpc) is 2.08. The number of anilines is 2. The zero-order valence-electron chi connectivity index (χ0n) is 9.57. The number of hydrogen-bond donors (Lipinski definition) is 1. The van der Waals surface area contributed by atoms with Gasteiger partial charge >= 0.3 is 0 Å². The van der Waals surface area contributed by atoms with Crippen LogP contribution >= 0.6 is 0 Å². The van der Waals surface area contributed by atoms with Crippen molar-refractivity contribution in [1.29, 1.82) is 0 Å². The Bertz CT molecular complexity index is 356. The summed E-state index contributed by atoms with van der Waals surface area (Å²) in [6.45, 7) is 4.14. The Hall–Kier alpha value is -1.29. The van der Waals surface area contributed by atoms with E-state index < -0.39 is 0 Å². The normalized spacial score (nSPS) is 16.9. The molecule has 0 atom stereocenters. The second-order valence-electron chi connectivity index (χ2n) is 4.42. The molecule has 0 bridgehead atoms. The molecule has 1 saturated heterocycles. The number of nitrogen functional groups attached to an aromatic ring is 1. The van der Waals surface area contributed by atoms with Crippen LogP contribution in [-0.2, 0) is 0 Å². The molecule has 0 aliphatic carbocycles. The molecular weight excluding hydrogens is 188 g/mol. The van der Waals surface area contributed by atoms with E-state index in [0.29, 0.717) is 6.04 Å². The highest BCUT2D eigenvalue weighted by Crippen LogP contribution is 2.23. The lowest BCUT2D eigenvalue weighted by Gasteiger charge is -2.43. The highest BCUT2D eigenvalue weighted by Gasteiger charge is 2.29. The third-order valence-corrected chi connectivity index (χ3v) is 3.05. The number of aryl methyl sites for hydroxylation is 1. The van der Waals surface area contributed by atoms with Gasteiger partial charge in [0.15, 0.2) is 0 Å². The zero-order chi connectivity index (χ0) is 11.0. The Morgan fingerprint density at radius 2 is 2.13 bits per heavy atom. The molecule has 1 fully saturated rings. The minimum absolute atomic E-state index is 0.657. The maximum atomic E-state index is 5.73. The highest BCUT2D eigenvalue weighted by molar-refractivity contribution is 5.53. The molecule has 2 rings (SSSR count). The van der Waals surface area contributed by atoms with Crippen LogP contribution in [0.1, 0.15) is 5.56 Å². The highest BCUT2D eigenvalue weighted by atomic mass is 15.3. The molecule has 0 amide bonds. The van der Waals surface area contributed by atoms with Crippen LogP contribution in [-0.4, -0.2) is 43.1 Å². The van der Waals surface area contributed by atoms with Gasteiger partial charge in [-0.1, -0.05) is 0 Å². The van der Waals surface area contributed by atoms with Gasteiger partial charge < -0.3 is 15.5 Å². The van der Waals surface area contributed by atoms with Crippen LogP contribution in [0, 0.1) is 6.92 Å². The maximum absolute atomic E-state index is 5.73. The lowest BCUT2D eigenvalue weighted by atomic mass is 10.1. The second-order valence-corrected chi connectivity index (χ2v) is 4.42. The first-order valence-corrected chi connectivity index (χ1v) is 5.21. The Balaban J connectivity index is 2.04. The summed E-state index contributed by atoms with van der Waals surface area (Å²) in [5, 5.41) is 0. The third-order valence-electron chi connectivity index (χ3n) is 3.05. The lowest BCUT2D eigenvalue weighted by Crippen LogP contribution is -2.57. The van der Waals surface area contributed by atoms with Crippen LogP contribution in [0.25, 0.3) is 0 Å². The molecule has 1 aromatic rings. The van der Waals surface area contributed by atoms with Crippen molar-refractivity contribution in [3.63, 3.8) is 0 Å². The Morgan fingerprint density at radius 1 is 1.47 bits per heavy atom. The van der Waals surface area contributed by atoms with Crippen molar-refractivity contribution in [3.8, 4) is 0 Å². The summed E-state index contributed by atoms with van der Waals surface area (Å²) in [6, 6.07) is 2.71. The number of likely N-dealkylation sites (N-methyl/N-ethyl adjacent to an activating group) is 1. The third kappa shape index (κ3) is 1.90. The molecule has 1 aliphatic heterocycles. The van der Waals surface area contributed by atoms with Crippen LogP contribution in [0.2, 0.25) is 0 Å². The van der Waals surface area contributed by atoms with Gasteiger partial charge in [0.05, 0.1) is 11.9 Å². The molecule has 1 aliphatic rings. The van der Waals surface area contributed by atoms with Crippen LogP contribution < -0.4 is 10.6 Å². The molecule has 2 N–H and O–H groups in total. The average molecular weight is 206 g/mol. The van der Waals surface area contributed by atoms with E-state index in [0.717, 1.165) is 30.2 Å². The van der Waals surface area contributed by atoms with Crippen molar-refractivity contribution < 1.29 is 0 Å². The van der Waals surface area contributed by atoms with Gasteiger partial charge in [0.1, 0.15) is 5.82 Å². The van der Waals surface area contributed by atoms with E-state index in [1.54, 1.807) is 6.20 Å². The predicted molar refractivity (Wildman–Crippen MR) is 63.1 cm³/mol. The minimum atomic E-state index is 0.657. The molecule has 2 heterocycles. The molecule has 0 radical (unpaired) electrons. The summed E-state index contributed by atoms with van der Waals surface area (Å²) in [7, 11) is 4.23.